The maximum atomic E-state index is 14.3. The quantitative estimate of drug-likeness (QED) is 0.133. The largest absolute Gasteiger partial charge is 0.453 e. The van der Waals surface area contributed by atoms with Gasteiger partial charge in [0.05, 0.1) is 48.7 Å². The zero-order valence-corrected chi connectivity index (χ0v) is 46.3. The Morgan fingerprint density at radius 1 is 0.806 bits per heavy atom. The zero-order valence-electron chi connectivity index (χ0n) is 39.3. The van der Waals surface area contributed by atoms with Crippen LogP contribution >= 0.6 is 94.5 Å². The molecule has 3 N–H and O–H groups in total. The van der Waals surface area contributed by atoms with Gasteiger partial charge in [0.25, 0.3) is 0 Å². The molecular formula is C48H73N7O5S7. The number of alkyl carbamates (subject to hydrolysis) is 1. The van der Waals surface area contributed by atoms with E-state index < -0.39 is 12.1 Å². The number of imidazole rings is 2. The minimum absolute atomic E-state index is 0. The molecule has 4 fully saturated rings. The SMILES string of the molecule is COC(=O)N[C@H](C(=O)N1C[C@]2(CCCOC2)C[C@H]1c1nc2c(ccc3cc(-c4ccc(-c5cnc([C@@H]6C[C@@H]7CCC[C@@H]7N6C(=O)[C@@H](C)C(C)C)[nH]5)cc4)ccc32)[nH]1)C(C)C.S.S.S.S.S.S.S. The van der Waals surface area contributed by atoms with E-state index in [1.54, 1.807) is 0 Å². The van der Waals surface area contributed by atoms with Gasteiger partial charge in [0.15, 0.2) is 0 Å². The van der Waals surface area contributed by atoms with Crippen LogP contribution in [0.2, 0.25) is 0 Å². The summed E-state index contributed by atoms with van der Waals surface area (Å²) in [5, 5.41) is 4.89. The van der Waals surface area contributed by atoms with Gasteiger partial charge in [-0.3, -0.25) is 9.59 Å². The van der Waals surface area contributed by atoms with Crippen molar-refractivity contribution in [3.63, 3.8) is 0 Å². The van der Waals surface area contributed by atoms with E-state index >= 15 is 0 Å². The van der Waals surface area contributed by atoms with Crippen LogP contribution in [0.3, 0.4) is 0 Å². The zero-order chi connectivity index (χ0) is 41.9. The van der Waals surface area contributed by atoms with Gasteiger partial charge in [-0.2, -0.15) is 94.5 Å². The van der Waals surface area contributed by atoms with Crippen LogP contribution in [0, 0.1) is 29.1 Å². The normalized spacial score (nSPS) is 22.5. The Labute approximate surface area is 444 Å². The first-order valence-electron chi connectivity index (χ1n) is 22.1. The van der Waals surface area contributed by atoms with Crippen LogP contribution in [0.15, 0.2) is 60.8 Å². The Bertz CT molecular complexity index is 2430. The van der Waals surface area contributed by atoms with E-state index in [0.717, 1.165) is 94.5 Å². The number of hydrogen-bond donors (Lipinski definition) is 3. The summed E-state index contributed by atoms with van der Waals surface area (Å²) in [4.78, 5) is 61.7. The number of hydrogen-bond acceptors (Lipinski definition) is 7. The predicted octanol–water partition coefficient (Wildman–Crippen LogP) is 9.75. The van der Waals surface area contributed by atoms with Gasteiger partial charge in [0, 0.05) is 35.9 Å². The molecule has 3 amide bonds. The monoisotopic (exact) mass is 1050 g/mol. The van der Waals surface area contributed by atoms with E-state index in [4.69, 9.17) is 19.4 Å². The van der Waals surface area contributed by atoms with Crippen molar-refractivity contribution in [2.45, 2.75) is 104 Å². The fourth-order valence-electron chi connectivity index (χ4n) is 10.6. The summed E-state index contributed by atoms with van der Waals surface area (Å²) in [7, 11) is 1.31. The van der Waals surface area contributed by atoms with Crippen LogP contribution in [0.25, 0.3) is 44.2 Å². The molecule has 67 heavy (non-hydrogen) atoms. The molecule has 1 saturated carbocycles. The molecule has 0 radical (unpaired) electrons. The van der Waals surface area contributed by atoms with Crippen molar-refractivity contribution in [1.29, 1.82) is 0 Å². The third-order valence-electron chi connectivity index (χ3n) is 14.3. The van der Waals surface area contributed by atoms with Crippen molar-refractivity contribution in [2.24, 2.45) is 29.1 Å². The highest BCUT2D eigenvalue weighted by molar-refractivity contribution is 7.60. The molecule has 1 aliphatic carbocycles. The molecule has 9 rings (SSSR count). The van der Waals surface area contributed by atoms with Crippen molar-refractivity contribution in [3.8, 4) is 22.4 Å². The second kappa shape index (κ2) is 24.9. The molecule has 5 heterocycles. The molecule has 4 aliphatic rings. The van der Waals surface area contributed by atoms with E-state index in [9.17, 15) is 14.4 Å². The number of carbonyl (C=O) groups is 3. The highest BCUT2D eigenvalue weighted by Crippen LogP contribution is 2.49. The average Bonchev–Trinajstić information content (AvgIpc) is 4.10. The Kier molecular flexibility index (Phi) is 22.4. The molecule has 372 valence electrons. The van der Waals surface area contributed by atoms with Gasteiger partial charge in [-0.15, -0.1) is 0 Å². The van der Waals surface area contributed by atoms with Crippen LogP contribution in [-0.2, 0) is 19.1 Å². The Morgan fingerprint density at radius 3 is 2.16 bits per heavy atom. The summed E-state index contributed by atoms with van der Waals surface area (Å²) in [5.74, 6) is 2.46. The van der Waals surface area contributed by atoms with E-state index in [1.165, 1.54) is 20.0 Å². The van der Waals surface area contributed by atoms with Gasteiger partial charge in [0.1, 0.15) is 17.7 Å². The highest BCUT2D eigenvalue weighted by Gasteiger charge is 2.51. The average molecular weight is 1050 g/mol. The van der Waals surface area contributed by atoms with Crippen LogP contribution in [-0.4, -0.2) is 86.6 Å². The minimum Gasteiger partial charge on any atom is -0.453 e. The Morgan fingerprint density at radius 2 is 1.51 bits per heavy atom. The second-order valence-electron chi connectivity index (χ2n) is 18.8. The van der Waals surface area contributed by atoms with E-state index in [2.05, 4.69) is 95.6 Å². The van der Waals surface area contributed by atoms with Gasteiger partial charge in [0.2, 0.25) is 11.8 Å². The molecule has 1 spiro atoms. The molecule has 0 bridgehead atoms. The molecule has 2 aromatic heterocycles. The summed E-state index contributed by atoms with van der Waals surface area (Å²) in [5.41, 5.74) is 5.83. The molecule has 3 aromatic carbocycles. The summed E-state index contributed by atoms with van der Waals surface area (Å²) in [6, 6.07) is 18.6. The molecular weight excluding hydrogens is 979 g/mol. The van der Waals surface area contributed by atoms with Crippen molar-refractivity contribution < 1.29 is 23.9 Å². The number of methoxy groups -OCH3 is 1. The van der Waals surface area contributed by atoms with Gasteiger partial charge < -0.3 is 34.6 Å². The summed E-state index contributed by atoms with van der Waals surface area (Å²) >= 11 is 0. The van der Waals surface area contributed by atoms with E-state index in [1.807, 2.05) is 24.9 Å². The third kappa shape index (κ3) is 11.7. The number of nitrogens with zero attached hydrogens (tertiary/aromatic N) is 4. The number of benzene rings is 3. The van der Waals surface area contributed by atoms with Crippen molar-refractivity contribution in [2.75, 3.05) is 26.9 Å². The lowest BCUT2D eigenvalue weighted by Crippen LogP contribution is -2.51. The first kappa shape index (κ1) is 60.3. The molecule has 3 aliphatic heterocycles. The summed E-state index contributed by atoms with van der Waals surface area (Å²) in [6.45, 7) is 12.1. The van der Waals surface area contributed by atoms with Crippen LogP contribution < -0.4 is 5.32 Å². The molecule has 0 unspecified atom stereocenters. The predicted molar refractivity (Wildman–Crippen MR) is 304 cm³/mol. The molecule has 19 heteroatoms. The molecule has 5 aromatic rings. The number of aromatic amines is 2. The molecule has 12 nitrogen and oxygen atoms in total. The highest BCUT2D eigenvalue weighted by atomic mass is 32.1. The van der Waals surface area contributed by atoms with Crippen molar-refractivity contribution in [3.05, 3.63) is 72.4 Å². The second-order valence-corrected chi connectivity index (χ2v) is 18.8. The lowest BCUT2D eigenvalue weighted by atomic mass is 9.80. The number of fused-ring (bicyclic) bond motifs is 4. The van der Waals surface area contributed by atoms with Gasteiger partial charge in [-0.05, 0) is 90.5 Å². The number of likely N-dealkylation sites (tertiary alicyclic amines) is 2. The smallest absolute Gasteiger partial charge is 0.407 e. The van der Waals surface area contributed by atoms with Crippen LogP contribution in [0.5, 0.6) is 0 Å². The molecule has 7 atom stereocenters. The first-order chi connectivity index (χ1) is 28.9. The lowest BCUT2D eigenvalue weighted by Gasteiger charge is -2.33. The van der Waals surface area contributed by atoms with Crippen LogP contribution in [0.1, 0.15) is 103 Å². The number of H-pyrrole nitrogens is 2. The fraction of sp³-hybridized carbons (Fsp3) is 0.521. The van der Waals surface area contributed by atoms with Crippen LogP contribution in [0.4, 0.5) is 4.79 Å². The van der Waals surface area contributed by atoms with Crippen molar-refractivity contribution in [1.82, 2.24) is 35.1 Å². The van der Waals surface area contributed by atoms with Crippen molar-refractivity contribution >= 4 is 134 Å². The van der Waals surface area contributed by atoms with Gasteiger partial charge >= 0.3 is 6.09 Å². The number of carbonyl (C=O) groups excluding carboxylic acids is 3. The number of amides is 3. The Balaban J connectivity index is 0.00000220. The fourth-order valence-corrected chi connectivity index (χ4v) is 10.6. The van der Waals surface area contributed by atoms with E-state index in [0.29, 0.717) is 31.0 Å². The summed E-state index contributed by atoms with van der Waals surface area (Å²) in [6.07, 6.45) is 8.40. The first-order valence-corrected chi connectivity index (χ1v) is 22.1. The summed E-state index contributed by atoms with van der Waals surface area (Å²) < 4.78 is 10.9. The maximum Gasteiger partial charge on any atom is 0.407 e. The minimum atomic E-state index is -0.729. The lowest BCUT2D eigenvalue weighted by molar-refractivity contribution is -0.140. The number of nitrogens with one attached hydrogen (secondary N) is 3. The number of rotatable bonds is 9. The third-order valence-corrected chi connectivity index (χ3v) is 14.3. The molecule has 3 saturated heterocycles. The Hall–Kier alpha value is -2.78. The van der Waals surface area contributed by atoms with Gasteiger partial charge in [-0.25, -0.2) is 14.8 Å². The number of ether oxygens (including phenoxy) is 2. The topological polar surface area (TPSA) is 146 Å². The number of aromatic nitrogens is 4. The van der Waals surface area contributed by atoms with Gasteiger partial charge in [-0.1, -0.05) is 83.5 Å². The standard InChI is InChI=1S/C48H59N7O5.7H2S/c1-27(2)29(5)45(56)55-38-10-7-9-34(38)22-39(55)43-49-24-37(51-43)31-13-11-30(12-14-31)32-15-17-35-33(21-32)16-18-36-42(35)52-44(50-36)40-23-48(19-8-20-60-26-48)25-54(40)46(57)41(28(3)4)53-47(58)59-6;;;;;;;/h11-18,21,24,27-29,34,38-41H,7-10,19-20,22-23,25-26H2,1-6H3,(H,49,51)(H,50,52)(H,53,58);7*1H2/t29-,34-,38-,39-,40-,41-,48-;;;;;;;/m0......./s1. The van der Waals surface area contributed by atoms with E-state index in [-0.39, 0.29) is 136 Å². The maximum absolute atomic E-state index is 14.3.